The molecule has 0 aromatic carbocycles. The summed E-state index contributed by atoms with van der Waals surface area (Å²) in [6.45, 7) is 7.63. The van der Waals surface area contributed by atoms with Gasteiger partial charge in [0.05, 0.1) is 12.6 Å². The normalized spacial score (nSPS) is 23.6. The Morgan fingerprint density at radius 1 is 1.44 bits per heavy atom. The minimum atomic E-state index is -0.226. The summed E-state index contributed by atoms with van der Waals surface area (Å²) in [7, 11) is 0. The molecule has 0 bridgehead atoms. The molecule has 2 atom stereocenters. The fraction of sp³-hybridized carbons (Fsp3) is 0.818. The van der Waals surface area contributed by atoms with Gasteiger partial charge in [-0.1, -0.05) is 25.9 Å². The van der Waals surface area contributed by atoms with Crippen molar-refractivity contribution in [1.82, 2.24) is 10.1 Å². The van der Waals surface area contributed by atoms with Crippen molar-refractivity contribution in [3.63, 3.8) is 0 Å². The molecule has 0 amide bonds. The molecule has 0 spiro atoms. The highest BCUT2D eigenvalue weighted by Gasteiger charge is 2.30. The quantitative estimate of drug-likeness (QED) is 0.827. The Bertz CT molecular complexity index is 350. The zero-order valence-corrected chi connectivity index (χ0v) is 10.1. The van der Waals surface area contributed by atoms with Gasteiger partial charge in [0, 0.05) is 12.5 Å². The van der Waals surface area contributed by atoms with Gasteiger partial charge >= 0.3 is 0 Å². The number of rotatable bonds is 2. The molecule has 0 saturated carbocycles. The van der Waals surface area contributed by atoms with Crippen molar-refractivity contribution in [3.05, 3.63) is 11.7 Å². The zero-order chi connectivity index (χ0) is 11.8. The highest BCUT2D eigenvalue weighted by Crippen LogP contribution is 2.30. The van der Waals surface area contributed by atoms with Gasteiger partial charge in [-0.05, 0) is 11.8 Å². The maximum Gasteiger partial charge on any atom is 0.244 e. The fourth-order valence-electron chi connectivity index (χ4n) is 1.65. The van der Waals surface area contributed by atoms with Crippen LogP contribution in [0.15, 0.2) is 4.52 Å². The Morgan fingerprint density at radius 3 is 2.75 bits per heavy atom. The summed E-state index contributed by atoms with van der Waals surface area (Å²) in [5.41, 5.74) is 5.98. The number of hydrogen-bond donors (Lipinski definition) is 1. The van der Waals surface area contributed by atoms with Crippen molar-refractivity contribution in [2.24, 2.45) is 11.1 Å². The number of nitrogens with zero attached hydrogens (tertiary/aromatic N) is 2. The third-order valence-corrected chi connectivity index (χ3v) is 2.95. The highest BCUT2D eigenvalue weighted by atomic mass is 16.5. The molecule has 1 aromatic heterocycles. The third kappa shape index (κ3) is 2.25. The van der Waals surface area contributed by atoms with Crippen LogP contribution in [-0.2, 0) is 4.74 Å². The standard InChI is InChI=1S/C11H19N3O2/c1-11(2,3)8(12)10-13-9(14-16-10)7-4-5-15-6-7/h7-8H,4-6,12H2,1-3H3. The van der Waals surface area contributed by atoms with Crippen LogP contribution in [0.25, 0.3) is 0 Å². The van der Waals surface area contributed by atoms with E-state index in [0.29, 0.717) is 12.5 Å². The van der Waals surface area contributed by atoms with Crippen LogP contribution in [-0.4, -0.2) is 23.4 Å². The van der Waals surface area contributed by atoms with Crippen LogP contribution < -0.4 is 5.73 Å². The zero-order valence-electron chi connectivity index (χ0n) is 10.1. The molecule has 2 rings (SSSR count). The van der Waals surface area contributed by atoms with Gasteiger partial charge in [-0.3, -0.25) is 0 Å². The van der Waals surface area contributed by atoms with Gasteiger partial charge in [-0.25, -0.2) is 0 Å². The summed E-state index contributed by atoms with van der Waals surface area (Å²) in [6.07, 6.45) is 0.962. The summed E-state index contributed by atoms with van der Waals surface area (Å²) in [5.74, 6) is 1.52. The average Bonchev–Trinajstić information content (AvgIpc) is 2.85. The molecule has 16 heavy (non-hydrogen) atoms. The van der Waals surface area contributed by atoms with Crippen LogP contribution in [0.4, 0.5) is 0 Å². The highest BCUT2D eigenvalue weighted by molar-refractivity contribution is 5.01. The number of nitrogens with two attached hydrogens (primary N) is 1. The molecular formula is C11H19N3O2. The summed E-state index contributed by atoms with van der Waals surface area (Å²) >= 11 is 0. The Hall–Kier alpha value is -0.940. The van der Waals surface area contributed by atoms with Crippen molar-refractivity contribution in [2.75, 3.05) is 13.2 Å². The molecule has 1 aromatic rings. The molecule has 90 valence electrons. The predicted molar refractivity (Wildman–Crippen MR) is 58.9 cm³/mol. The lowest BCUT2D eigenvalue weighted by molar-refractivity contribution is 0.192. The van der Waals surface area contributed by atoms with Crippen molar-refractivity contribution in [2.45, 2.75) is 39.2 Å². The van der Waals surface area contributed by atoms with E-state index < -0.39 is 0 Å². The molecule has 0 radical (unpaired) electrons. The third-order valence-electron chi connectivity index (χ3n) is 2.95. The van der Waals surface area contributed by atoms with Crippen molar-refractivity contribution in [3.8, 4) is 0 Å². The van der Waals surface area contributed by atoms with Gasteiger partial charge in [0.15, 0.2) is 5.82 Å². The lowest BCUT2D eigenvalue weighted by Crippen LogP contribution is -2.26. The second-order valence-electron chi connectivity index (χ2n) is 5.40. The van der Waals surface area contributed by atoms with E-state index in [0.717, 1.165) is 18.9 Å². The van der Waals surface area contributed by atoms with E-state index in [1.54, 1.807) is 0 Å². The Kier molecular flexibility index (Phi) is 2.99. The lowest BCUT2D eigenvalue weighted by atomic mass is 9.87. The van der Waals surface area contributed by atoms with Crippen LogP contribution in [0.5, 0.6) is 0 Å². The Labute approximate surface area is 95.3 Å². The molecule has 5 nitrogen and oxygen atoms in total. The molecule has 2 unspecified atom stereocenters. The molecular weight excluding hydrogens is 206 g/mol. The molecule has 5 heteroatoms. The SMILES string of the molecule is CC(C)(C)C(N)c1nc(C2CCOC2)no1. The first-order valence-electron chi connectivity index (χ1n) is 5.65. The van der Waals surface area contributed by atoms with Gasteiger partial charge in [0.1, 0.15) is 0 Å². The summed E-state index contributed by atoms with van der Waals surface area (Å²) in [6, 6.07) is -0.226. The van der Waals surface area contributed by atoms with E-state index in [4.69, 9.17) is 15.0 Å². The first-order chi connectivity index (χ1) is 7.48. The molecule has 1 fully saturated rings. The van der Waals surface area contributed by atoms with Crippen LogP contribution in [0.1, 0.15) is 50.9 Å². The molecule has 1 saturated heterocycles. The average molecular weight is 225 g/mol. The topological polar surface area (TPSA) is 74.2 Å². The van der Waals surface area contributed by atoms with Gasteiger partial charge in [-0.15, -0.1) is 0 Å². The van der Waals surface area contributed by atoms with Gasteiger partial charge in [0.25, 0.3) is 0 Å². The molecule has 2 heterocycles. The minimum Gasteiger partial charge on any atom is -0.381 e. The largest absolute Gasteiger partial charge is 0.381 e. The van der Waals surface area contributed by atoms with E-state index >= 15 is 0 Å². The van der Waals surface area contributed by atoms with Crippen LogP contribution >= 0.6 is 0 Å². The van der Waals surface area contributed by atoms with Gasteiger partial charge in [-0.2, -0.15) is 4.98 Å². The Balaban J connectivity index is 2.12. The van der Waals surface area contributed by atoms with E-state index in [2.05, 4.69) is 30.9 Å². The second-order valence-corrected chi connectivity index (χ2v) is 5.40. The van der Waals surface area contributed by atoms with Crippen molar-refractivity contribution in [1.29, 1.82) is 0 Å². The number of ether oxygens (including phenoxy) is 1. The minimum absolute atomic E-state index is 0.0734. The van der Waals surface area contributed by atoms with Crippen LogP contribution in [0.3, 0.4) is 0 Å². The van der Waals surface area contributed by atoms with E-state index in [1.807, 2.05) is 0 Å². The van der Waals surface area contributed by atoms with Crippen LogP contribution in [0.2, 0.25) is 0 Å². The van der Waals surface area contributed by atoms with Gasteiger partial charge < -0.3 is 15.0 Å². The maximum atomic E-state index is 6.06. The molecule has 1 aliphatic rings. The lowest BCUT2D eigenvalue weighted by Gasteiger charge is -2.23. The summed E-state index contributed by atoms with van der Waals surface area (Å²) < 4.78 is 10.5. The number of hydrogen-bond acceptors (Lipinski definition) is 5. The first-order valence-corrected chi connectivity index (χ1v) is 5.65. The Morgan fingerprint density at radius 2 is 2.19 bits per heavy atom. The van der Waals surface area contributed by atoms with E-state index in [1.165, 1.54) is 0 Å². The van der Waals surface area contributed by atoms with E-state index in [9.17, 15) is 0 Å². The van der Waals surface area contributed by atoms with Gasteiger partial charge in [0.2, 0.25) is 5.89 Å². The predicted octanol–water partition coefficient (Wildman–Crippen LogP) is 1.62. The number of aromatic nitrogens is 2. The van der Waals surface area contributed by atoms with Crippen molar-refractivity contribution < 1.29 is 9.26 Å². The smallest absolute Gasteiger partial charge is 0.244 e. The monoisotopic (exact) mass is 225 g/mol. The second kappa shape index (κ2) is 4.14. The first kappa shape index (κ1) is 11.5. The fourth-order valence-corrected chi connectivity index (χ4v) is 1.65. The molecule has 1 aliphatic heterocycles. The van der Waals surface area contributed by atoms with Crippen LogP contribution in [0, 0.1) is 5.41 Å². The summed E-state index contributed by atoms with van der Waals surface area (Å²) in [4.78, 5) is 4.38. The molecule has 2 N–H and O–H groups in total. The van der Waals surface area contributed by atoms with Crippen molar-refractivity contribution >= 4 is 0 Å². The van der Waals surface area contributed by atoms with E-state index in [-0.39, 0.29) is 17.4 Å². The molecule has 0 aliphatic carbocycles. The summed E-state index contributed by atoms with van der Waals surface area (Å²) in [5, 5.41) is 3.99. The maximum absolute atomic E-state index is 6.06.